The first-order valence-electron chi connectivity index (χ1n) is 29.6. The van der Waals surface area contributed by atoms with E-state index in [0.29, 0.717) is 6.42 Å². The van der Waals surface area contributed by atoms with Crippen LogP contribution in [-0.4, -0.2) is 34.9 Å². The Hall–Kier alpha value is -1.13. The van der Waals surface area contributed by atoms with E-state index in [9.17, 15) is 15.0 Å². The highest BCUT2D eigenvalue weighted by Crippen LogP contribution is 2.18. The molecule has 0 aliphatic carbocycles. The fourth-order valence-corrected chi connectivity index (χ4v) is 9.43. The second kappa shape index (κ2) is 56.2. The Morgan fingerprint density at radius 3 is 0.906 bits per heavy atom. The zero-order valence-corrected chi connectivity index (χ0v) is 43.8. The van der Waals surface area contributed by atoms with Crippen LogP contribution in [0.4, 0.5) is 0 Å². The van der Waals surface area contributed by atoms with E-state index in [1.54, 1.807) is 6.08 Å². The van der Waals surface area contributed by atoms with Crippen LogP contribution in [0.5, 0.6) is 0 Å². The molecular formula is C60H117NO3. The van der Waals surface area contributed by atoms with Crippen molar-refractivity contribution >= 4 is 5.91 Å². The topological polar surface area (TPSA) is 69.6 Å². The fraction of sp³-hybridized carbons (Fsp3) is 0.917. The van der Waals surface area contributed by atoms with Gasteiger partial charge in [0, 0.05) is 6.42 Å². The lowest BCUT2D eigenvalue weighted by atomic mass is 10.0. The van der Waals surface area contributed by atoms with Crippen LogP contribution in [0.25, 0.3) is 0 Å². The van der Waals surface area contributed by atoms with Crippen LogP contribution in [-0.2, 0) is 4.79 Å². The Balaban J connectivity index is 3.46. The van der Waals surface area contributed by atoms with Gasteiger partial charge in [-0.2, -0.15) is 0 Å². The van der Waals surface area contributed by atoms with Crippen molar-refractivity contribution in [3.05, 3.63) is 24.3 Å². The molecule has 0 saturated heterocycles. The van der Waals surface area contributed by atoms with Gasteiger partial charge in [0.15, 0.2) is 0 Å². The number of allylic oxidation sites excluding steroid dienone is 3. The summed E-state index contributed by atoms with van der Waals surface area (Å²) in [5, 5.41) is 23.2. The number of carbonyl (C=O) groups is 1. The van der Waals surface area contributed by atoms with Gasteiger partial charge in [-0.3, -0.25) is 4.79 Å². The number of unbranched alkanes of at least 4 members (excludes halogenated alkanes) is 46. The molecule has 0 bridgehead atoms. The Bertz CT molecular complexity index is 932. The average molecular weight is 901 g/mol. The minimum absolute atomic E-state index is 0.0660. The summed E-state index contributed by atoms with van der Waals surface area (Å²) >= 11 is 0. The van der Waals surface area contributed by atoms with Crippen molar-refractivity contribution in [2.24, 2.45) is 0 Å². The number of carbonyl (C=O) groups excluding carboxylic acids is 1. The van der Waals surface area contributed by atoms with E-state index in [0.717, 1.165) is 32.1 Å². The molecule has 2 unspecified atom stereocenters. The molecule has 0 aromatic carbocycles. The number of amides is 1. The second-order valence-electron chi connectivity index (χ2n) is 20.4. The van der Waals surface area contributed by atoms with Gasteiger partial charge in [-0.1, -0.05) is 321 Å². The Kier molecular flexibility index (Phi) is 55.2. The van der Waals surface area contributed by atoms with Crippen molar-refractivity contribution in [3.63, 3.8) is 0 Å². The zero-order chi connectivity index (χ0) is 46.3. The van der Waals surface area contributed by atoms with Crippen molar-refractivity contribution in [2.45, 2.75) is 347 Å². The molecule has 0 heterocycles. The molecular weight excluding hydrogens is 783 g/mol. The third-order valence-electron chi connectivity index (χ3n) is 13.9. The van der Waals surface area contributed by atoms with Crippen LogP contribution in [0, 0.1) is 0 Å². The smallest absolute Gasteiger partial charge is 0.220 e. The highest BCUT2D eigenvalue weighted by Gasteiger charge is 2.18. The van der Waals surface area contributed by atoms with Crippen molar-refractivity contribution in [1.82, 2.24) is 5.32 Å². The first kappa shape index (κ1) is 62.9. The van der Waals surface area contributed by atoms with E-state index in [1.807, 2.05) is 6.08 Å². The molecule has 64 heavy (non-hydrogen) atoms. The number of rotatable bonds is 55. The SMILES string of the molecule is CCCCCCCCCCCCCCCCCC/C=C/CC/C=C/C(O)C(CO)NC(=O)CCCCCCCCCCCCCCCCCCCCCCCCCCCCCCCC. The van der Waals surface area contributed by atoms with Gasteiger partial charge in [0.05, 0.1) is 18.8 Å². The lowest BCUT2D eigenvalue weighted by Crippen LogP contribution is -2.45. The Morgan fingerprint density at radius 1 is 0.359 bits per heavy atom. The van der Waals surface area contributed by atoms with Gasteiger partial charge < -0.3 is 15.5 Å². The van der Waals surface area contributed by atoms with Crippen LogP contribution in [0.15, 0.2) is 24.3 Å². The maximum atomic E-state index is 12.5. The molecule has 4 heteroatoms. The van der Waals surface area contributed by atoms with Gasteiger partial charge in [0.1, 0.15) is 0 Å². The molecule has 0 saturated carbocycles. The largest absolute Gasteiger partial charge is 0.394 e. The van der Waals surface area contributed by atoms with E-state index in [1.165, 1.54) is 283 Å². The first-order valence-corrected chi connectivity index (χ1v) is 29.6. The van der Waals surface area contributed by atoms with Crippen LogP contribution in [0.3, 0.4) is 0 Å². The lowest BCUT2D eigenvalue weighted by Gasteiger charge is -2.19. The zero-order valence-electron chi connectivity index (χ0n) is 43.8. The summed E-state index contributed by atoms with van der Waals surface area (Å²) in [7, 11) is 0. The van der Waals surface area contributed by atoms with Crippen molar-refractivity contribution in [3.8, 4) is 0 Å². The fourth-order valence-electron chi connectivity index (χ4n) is 9.43. The first-order chi connectivity index (χ1) is 31.7. The molecule has 0 rings (SSSR count). The number of hydrogen-bond acceptors (Lipinski definition) is 3. The highest BCUT2D eigenvalue weighted by molar-refractivity contribution is 5.76. The molecule has 0 fully saturated rings. The summed E-state index contributed by atoms with van der Waals surface area (Å²) in [5.41, 5.74) is 0. The minimum Gasteiger partial charge on any atom is -0.394 e. The van der Waals surface area contributed by atoms with Gasteiger partial charge in [-0.05, 0) is 32.1 Å². The maximum Gasteiger partial charge on any atom is 0.220 e. The summed E-state index contributed by atoms with van der Waals surface area (Å²) in [4.78, 5) is 12.5. The van der Waals surface area contributed by atoms with Gasteiger partial charge in [0.2, 0.25) is 5.91 Å². The van der Waals surface area contributed by atoms with E-state index in [-0.39, 0.29) is 12.5 Å². The van der Waals surface area contributed by atoms with Gasteiger partial charge in [-0.15, -0.1) is 0 Å². The van der Waals surface area contributed by atoms with Crippen molar-refractivity contribution in [1.29, 1.82) is 0 Å². The molecule has 1 amide bonds. The summed E-state index contributed by atoms with van der Waals surface area (Å²) < 4.78 is 0. The van der Waals surface area contributed by atoms with E-state index in [2.05, 4.69) is 31.3 Å². The lowest BCUT2D eigenvalue weighted by molar-refractivity contribution is -0.123. The monoisotopic (exact) mass is 900 g/mol. The van der Waals surface area contributed by atoms with Crippen LogP contribution in [0.1, 0.15) is 335 Å². The quantitative estimate of drug-likeness (QED) is 0.0421. The van der Waals surface area contributed by atoms with Crippen molar-refractivity contribution < 1.29 is 15.0 Å². The van der Waals surface area contributed by atoms with Gasteiger partial charge in [0.25, 0.3) is 0 Å². The normalized spacial score (nSPS) is 12.9. The molecule has 0 aromatic rings. The van der Waals surface area contributed by atoms with E-state index < -0.39 is 12.1 Å². The predicted octanol–water partition coefficient (Wildman–Crippen LogP) is 19.5. The molecule has 4 nitrogen and oxygen atoms in total. The van der Waals surface area contributed by atoms with E-state index in [4.69, 9.17) is 0 Å². The maximum absolute atomic E-state index is 12.5. The number of nitrogens with one attached hydrogen (secondary N) is 1. The predicted molar refractivity (Wildman–Crippen MR) is 286 cm³/mol. The highest BCUT2D eigenvalue weighted by atomic mass is 16.3. The number of aliphatic hydroxyl groups is 2. The summed E-state index contributed by atoms with van der Waals surface area (Å²) in [5.74, 6) is -0.0660. The molecule has 3 N–H and O–H groups in total. The van der Waals surface area contributed by atoms with Gasteiger partial charge in [-0.25, -0.2) is 0 Å². The third kappa shape index (κ3) is 51.8. The van der Waals surface area contributed by atoms with Gasteiger partial charge >= 0.3 is 0 Å². The molecule has 0 aliphatic rings. The number of aliphatic hydroxyl groups excluding tert-OH is 2. The standard InChI is InChI=1S/C60H117NO3/c1-3-5-7-9-11-13-15-17-19-21-23-25-27-28-29-30-31-32-33-34-36-38-40-42-44-46-48-50-52-54-56-60(64)61-58(57-62)59(63)55-53-51-49-47-45-43-41-39-37-35-26-24-22-20-18-16-14-12-10-8-6-4-2/h45,47,53,55,58-59,62-63H,3-44,46,48-52,54,56-57H2,1-2H3,(H,61,64)/b47-45+,55-53+. The summed E-state index contributed by atoms with van der Waals surface area (Å²) in [6.07, 6.45) is 75.1. The van der Waals surface area contributed by atoms with E-state index >= 15 is 0 Å². The summed E-state index contributed by atoms with van der Waals surface area (Å²) in [6.45, 7) is 4.34. The Morgan fingerprint density at radius 2 is 0.609 bits per heavy atom. The molecule has 2 atom stereocenters. The molecule has 0 radical (unpaired) electrons. The van der Waals surface area contributed by atoms with Crippen LogP contribution >= 0.6 is 0 Å². The molecule has 0 aromatic heterocycles. The average Bonchev–Trinajstić information content (AvgIpc) is 3.30. The minimum atomic E-state index is -0.860. The molecule has 380 valence electrons. The number of hydrogen-bond donors (Lipinski definition) is 3. The Labute approximate surface area is 402 Å². The summed E-state index contributed by atoms with van der Waals surface area (Å²) in [6, 6.07) is -0.636. The van der Waals surface area contributed by atoms with Crippen molar-refractivity contribution in [2.75, 3.05) is 6.61 Å². The molecule has 0 aliphatic heterocycles. The second-order valence-corrected chi connectivity index (χ2v) is 20.4. The third-order valence-corrected chi connectivity index (χ3v) is 13.9. The van der Waals surface area contributed by atoms with Crippen LogP contribution in [0.2, 0.25) is 0 Å². The van der Waals surface area contributed by atoms with Crippen LogP contribution < -0.4 is 5.32 Å². The molecule has 0 spiro atoms.